The predicted molar refractivity (Wildman–Crippen MR) is 59.7 cm³/mol. The molecule has 0 bridgehead atoms. The van der Waals surface area contributed by atoms with Crippen LogP contribution in [0.2, 0.25) is 0 Å². The van der Waals surface area contributed by atoms with Crippen LogP contribution >= 0.6 is 0 Å². The van der Waals surface area contributed by atoms with E-state index in [1.807, 2.05) is 18.7 Å². The maximum Gasteiger partial charge on any atom is 0.416 e. The van der Waals surface area contributed by atoms with Gasteiger partial charge in [0, 0.05) is 18.8 Å². The van der Waals surface area contributed by atoms with Crippen molar-refractivity contribution in [2.75, 3.05) is 11.9 Å². The molecule has 0 heterocycles. The fraction of sp³-hybridized carbons (Fsp3) is 0.500. The third-order valence-corrected chi connectivity index (χ3v) is 2.71. The van der Waals surface area contributed by atoms with Crippen LogP contribution in [0.15, 0.2) is 18.2 Å². The Balaban J connectivity index is 3.18. The summed E-state index contributed by atoms with van der Waals surface area (Å²) < 4.78 is 38.0. The van der Waals surface area contributed by atoms with Gasteiger partial charge < -0.3 is 4.90 Å². The minimum absolute atomic E-state index is 0.170. The van der Waals surface area contributed by atoms with E-state index in [0.717, 1.165) is 0 Å². The summed E-state index contributed by atoms with van der Waals surface area (Å²) in [5.41, 5.74) is 0.291. The molecule has 0 atom stereocenters. The first-order valence-corrected chi connectivity index (χ1v) is 5.14. The van der Waals surface area contributed by atoms with Gasteiger partial charge in [-0.25, -0.2) is 0 Å². The van der Waals surface area contributed by atoms with Crippen LogP contribution in [-0.2, 0) is 6.18 Å². The molecule has 0 unspecified atom stereocenters. The van der Waals surface area contributed by atoms with E-state index >= 15 is 0 Å². The number of alkyl halides is 3. The molecule has 0 aromatic heterocycles. The number of halogens is 3. The number of benzene rings is 1. The Labute approximate surface area is 93.9 Å². The van der Waals surface area contributed by atoms with Crippen LogP contribution in [0.1, 0.15) is 25.0 Å². The molecule has 0 aliphatic carbocycles. The van der Waals surface area contributed by atoms with Crippen molar-refractivity contribution in [3.8, 4) is 0 Å². The first-order chi connectivity index (χ1) is 7.23. The summed E-state index contributed by atoms with van der Waals surface area (Å²) in [5, 5.41) is 0. The zero-order chi connectivity index (χ0) is 12.5. The molecule has 0 N–H and O–H groups in total. The summed E-state index contributed by atoms with van der Waals surface area (Å²) in [5.74, 6) is 0. The van der Waals surface area contributed by atoms with Gasteiger partial charge in [0.05, 0.1) is 5.56 Å². The van der Waals surface area contributed by atoms with Crippen molar-refractivity contribution in [1.29, 1.82) is 0 Å². The number of hydrogen-bond donors (Lipinski definition) is 0. The monoisotopic (exact) mass is 231 g/mol. The highest BCUT2D eigenvalue weighted by atomic mass is 19.4. The van der Waals surface area contributed by atoms with Crippen molar-refractivity contribution in [3.63, 3.8) is 0 Å². The summed E-state index contributed by atoms with van der Waals surface area (Å²) in [6.45, 7) is 5.35. The van der Waals surface area contributed by atoms with E-state index in [0.29, 0.717) is 5.69 Å². The molecule has 0 saturated heterocycles. The minimum atomic E-state index is -4.28. The molecule has 1 nitrogen and oxygen atoms in total. The Morgan fingerprint density at radius 1 is 1.19 bits per heavy atom. The van der Waals surface area contributed by atoms with Crippen molar-refractivity contribution in [2.45, 2.75) is 33.0 Å². The number of hydrogen-bond acceptors (Lipinski definition) is 1. The van der Waals surface area contributed by atoms with E-state index < -0.39 is 11.7 Å². The fourth-order valence-corrected chi connectivity index (χ4v) is 1.43. The van der Waals surface area contributed by atoms with Crippen LogP contribution in [0.25, 0.3) is 0 Å². The highest BCUT2D eigenvalue weighted by Crippen LogP contribution is 2.34. The molecule has 0 saturated carbocycles. The Kier molecular flexibility index (Phi) is 3.51. The predicted octanol–water partition coefficient (Wildman–Crippen LogP) is 3.86. The van der Waals surface area contributed by atoms with E-state index in [-0.39, 0.29) is 11.6 Å². The Morgan fingerprint density at radius 3 is 2.19 bits per heavy atom. The highest BCUT2D eigenvalue weighted by molar-refractivity contribution is 5.51. The molecule has 0 aliphatic rings. The molecule has 0 fully saturated rings. The second kappa shape index (κ2) is 4.36. The molecular weight excluding hydrogens is 215 g/mol. The molecule has 0 aliphatic heterocycles. The van der Waals surface area contributed by atoms with Crippen molar-refractivity contribution >= 4 is 5.69 Å². The van der Waals surface area contributed by atoms with Gasteiger partial charge in [-0.1, -0.05) is 6.07 Å². The lowest BCUT2D eigenvalue weighted by molar-refractivity contribution is -0.138. The van der Waals surface area contributed by atoms with Gasteiger partial charge in [-0.3, -0.25) is 0 Å². The number of nitrogens with zero attached hydrogens (tertiary/aromatic N) is 1. The van der Waals surface area contributed by atoms with Crippen LogP contribution in [0.4, 0.5) is 18.9 Å². The highest BCUT2D eigenvalue weighted by Gasteiger charge is 2.32. The average molecular weight is 231 g/mol. The maximum absolute atomic E-state index is 12.7. The quantitative estimate of drug-likeness (QED) is 0.747. The molecular formula is C12H16F3N. The lowest BCUT2D eigenvalue weighted by Crippen LogP contribution is -2.26. The van der Waals surface area contributed by atoms with Crippen molar-refractivity contribution in [3.05, 3.63) is 29.3 Å². The summed E-state index contributed by atoms with van der Waals surface area (Å²) >= 11 is 0. The second-order valence-electron chi connectivity index (χ2n) is 4.20. The normalized spacial score (nSPS) is 12.0. The van der Waals surface area contributed by atoms with Gasteiger partial charge in [0.15, 0.2) is 0 Å². The van der Waals surface area contributed by atoms with E-state index in [1.54, 1.807) is 13.1 Å². The smallest absolute Gasteiger partial charge is 0.372 e. The van der Waals surface area contributed by atoms with Gasteiger partial charge in [0.2, 0.25) is 0 Å². The summed E-state index contributed by atoms with van der Waals surface area (Å²) in [7, 11) is 1.79. The van der Waals surface area contributed by atoms with Crippen molar-refractivity contribution in [1.82, 2.24) is 0 Å². The number of rotatable bonds is 2. The summed E-state index contributed by atoms with van der Waals surface area (Å²) in [6, 6.07) is 4.60. The zero-order valence-corrected chi connectivity index (χ0v) is 9.89. The average Bonchev–Trinajstić information content (AvgIpc) is 2.15. The lowest BCUT2D eigenvalue weighted by atomic mass is 10.1. The number of anilines is 1. The summed E-state index contributed by atoms with van der Waals surface area (Å²) in [6.07, 6.45) is -4.28. The van der Waals surface area contributed by atoms with Gasteiger partial charge in [0.1, 0.15) is 0 Å². The Bertz CT molecular complexity index is 369. The molecule has 0 spiro atoms. The van der Waals surface area contributed by atoms with E-state index in [1.165, 1.54) is 19.1 Å². The molecule has 1 aromatic carbocycles. The van der Waals surface area contributed by atoms with E-state index in [4.69, 9.17) is 0 Å². The molecule has 90 valence electrons. The van der Waals surface area contributed by atoms with Crippen LogP contribution in [0.5, 0.6) is 0 Å². The summed E-state index contributed by atoms with van der Waals surface area (Å²) in [4.78, 5) is 1.81. The van der Waals surface area contributed by atoms with Gasteiger partial charge >= 0.3 is 6.18 Å². The fourth-order valence-electron chi connectivity index (χ4n) is 1.43. The molecule has 4 heteroatoms. The molecule has 0 radical (unpaired) electrons. The SMILES string of the molecule is Cc1ccc(N(C)C(C)C)cc1C(F)(F)F. The van der Waals surface area contributed by atoms with Crippen LogP contribution < -0.4 is 4.90 Å². The molecule has 1 aromatic rings. The molecule has 0 amide bonds. The third-order valence-electron chi connectivity index (χ3n) is 2.71. The number of aryl methyl sites for hydroxylation is 1. The zero-order valence-electron chi connectivity index (χ0n) is 9.89. The lowest BCUT2D eigenvalue weighted by Gasteiger charge is -2.25. The topological polar surface area (TPSA) is 3.24 Å². The van der Waals surface area contributed by atoms with Crippen LogP contribution in [0, 0.1) is 6.92 Å². The molecule has 1 rings (SSSR count). The second-order valence-corrected chi connectivity index (χ2v) is 4.20. The van der Waals surface area contributed by atoms with Crippen molar-refractivity contribution < 1.29 is 13.2 Å². The standard InChI is InChI=1S/C12H16F3N/c1-8(2)16(4)10-6-5-9(3)11(7-10)12(13,14)15/h5-8H,1-4H3. The Hall–Kier alpha value is -1.19. The van der Waals surface area contributed by atoms with E-state index in [9.17, 15) is 13.2 Å². The minimum Gasteiger partial charge on any atom is -0.372 e. The third kappa shape index (κ3) is 2.68. The van der Waals surface area contributed by atoms with Gasteiger partial charge in [0.25, 0.3) is 0 Å². The first kappa shape index (κ1) is 12.9. The van der Waals surface area contributed by atoms with Gasteiger partial charge in [-0.15, -0.1) is 0 Å². The van der Waals surface area contributed by atoms with Crippen molar-refractivity contribution in [2.24, 2.45) is 0 Å². The van der Waals surface area contributed by atoms with Crippen LogP contribution in [-0.4, -0.2) is 13.1 Å². The molecule has 16 heavy (non-hydrogen) atoms. The van der Waals surface area contributed by atoms with Gasteiger partial charge in [-0.05, 0) is 38.5 Å². The van der Waals surface area contributed by atoms with Crippen LogP contribution in [0.3, 0.4) is 0 Å². The first-order valence-electron chi connectivity index (χ1n) is 5.14. The Morgan fingerprint density at radius 2 is 1.75 bits per heavy atom. The van der Waals surface area contributed by atoms with Gasteiger partial charge in [-0.2, -0.15) is 13.2 Å². The maximum atomic E-state index is 12.7. The van der Waals surface area contributed by atoms with E-state index in [2.05, 4.69) is 0 Å². The largest absolute Gasteiger partial charge is 0.416 e.